The molecule has 0 N–H and O–H groups in total. The van der Waals surface area contributed by atoms with Crippen LogP contribution in [0, 0.1) is 0 Å². The summed E-state index contributed by atoms with van der Waals surface area (Å²) in [4.78, 5) is 24.5. The predicted octanol–water partition coefficient (Wildman–Crippen LogP) is 2.73. The summed E-state index contributed by atoms with van der Waals surface area (Å²) in [6.45, 7) is 2.10. The number of hydrogen-bond donors (Lipinski definition) is 0. The molecule has 0 bridgehead atoms. The molecule has 1 saturated heterocycles. The SMILES string of the molecule is CC(=O)SC1CC(=O)N(c2cccc(Cl)c2)C1. The highest BCUT2D eigenvalue weighted by Crippen LogP contribution is 2.29. The first kappa shape index (κ1) is 12.5. The molecule has 1 aromatic rings. The minimum absolute atomic E-state index is 0.0472. The second-order valence-corrected chi connectivity index (χ2v) is 5.83. The Labute approximate surface area is 109 Å². The molecule has 1 heterocycles. The van der Waals surface area contributed by atoms with Gasteiger partial charge in [-0.1, -0.05) is 29.4 Å². The highest BCUT2D eigenvalue weighted by Gasteiger charge is 2.31. The zero-order valence-electron chi connectivity index (χ0n) is 9.35. The van der Waals surface area contributed by atoms with Gasteiger partial charge < -0.3 is 4.90 Å². The Morgan fingerprint density at radius 3 is 2.94 bits per heavy atom. The van der Waals surface area contributed by atoms with Crippen molar-refractivity contribution in [3.05, 3.63) is 29.3 Å². The molecule has 1 aliphatic rings. The number of thioether (sulfide) groups is 1. The van der Waals surface area contributed by atoms with Crippen molar-refractivity contribution in [3.63, 3.8) is 0 Å². The van der Waals surface area contributed by atoms with Gasteiger partial charge in [0.15, 0.2) is 5.12 Å². The molecule has 1 fully saturated rings. The van der Waals surface area contributed by atoms with E-state index in [1.54, 1.807) is 17.0 Å². The van der Waals surface area contributed by atoms with Gasteiger partial charge in [0.25, 0.3) is 0 Å². The molecule has 0 saturated carbocycles. The van der Waals surface area contributed by atoms with Gasteiger partial charge in [0.1, 0.15) is 0 Å². The molecule has 1 aliphatic heterocycles. The first-order valence-electron chi connectivity index (χ1n) is 5.29. The summed E-state index contributed by atoms with van der Waals surface area (Å²) in [5.74, 6) is 0.0472. The quantitative estimate of drug-likeness (QED) is 0.828. The molecule has 90 valence electrons. The van der Waals surface area contributed by atoms with Crippen molar-refractivity contribution in [2.75, 3.05) is 11.4 Å². The fraction of sp³-hybridized carbons (Fsp3) is 0.333. The first-order chi connectivity index (χ1) is 8.06. The van der Waals surface area contributed by atoms with Crippen LogP contribution < -0.4 is 4.90 Å². The second-order valence-electron chi connectivity index (χ2n) is 3.92. The van der Waals surface area contributed by atoms with Crippen LogP contribution in [0.2, 0.25) is 5.02 Å². The Morgan fingerprint density at radius 1 is 1.53 bits per heavy atom. The Bertz CT molecular complexity index is 464. The van der Waals surface area contributed by atoms with Crippen LogP contribution in [0.5, 0.6) is 0 Å². The third-order valence-electron chi connectivity index (χ3n) is 2.54. The topological polar surface area (TPSA) is 37.4 Å². The van der Waals surface area contributed by atoms with E-state index in [2.05, 4.69) is 0 Å². The minimum atomic E-state index is 0.0472. The average Bonchev–Trinajstić information content (AvgIpc) is 2.58. The zero-order valence-corrected chi connectivity index (χ0v) is 10.9. The zero-order chi connectivity index (χ0) is 12.4. The number of anilines is 1. The first-order valence-corrected chi connectivity index (χ1v) is 6.55. The molecular formula is C12H12ClNO2S. The van der Waals surface area contributed by atoms with Crippen LogP contribution in [-0.4, -0.2) is 22.8 Å². The fourth-order valence-electron chi connectivity index (χ4n) is 1.88. The second kappa shape index (κ2) is 5.10. The standard InChI is InChI=1S/C12H12ClNO2S/c1-8(15)17-11-6-12(16)14(7-11)10-4-2-3-9(13)5-10/h2-5,11H,6-7H2,1H3. The van der Waals surface area contributed by atoms with Crippen LogP contribution in [0.25, 0.3) is 0 Å². The van der Waals surface area contributed by atoms with Crippen molar-refractivity contribution < 1.29 is 9.59 Å². The van der Waals surface area contributed by atoms with E-state index in [1.165, 1.54) is 18.7 Å². The van der Waals surface area contributed by atoms with Crippen LogP contribution in [0.15, 0.2) is 24.3 Å². The number of carbonyl (C=O) groups excluding carboxylic acids is 2. The van der Waals surface area contributed by atoms with E-state index in [9.17, 15) is 9.59 Å². The van der Waals surface area contributed by atoms with Gasteiger partial charge in [-0.05, 0) is 18.2 Å². The van der Waals surface area contributed by atoms with E-state index in [-0.39, 0.29) is 16.3 Å². The van der Waals surface area contributed by atoms with E-state index < -0.39 is 0 Å². The number of hydrogen-bond acceptors (Lipinski definition) is 3. The van der Waals surface area contributed by atoms with Gasteiger partial charge in [-0.3, -0.25) is 9.59 Å². The van der Waals surface area contributed by atoms with Crippen molar-refractivity contribution in [1.82, 2.24) is 0 Å². The number of nitrogens with zero attached hydrogens (tertiary/aromatic N) is 1. The summed E-state index contributed by atoms with van der Waals surface area (Å²) in [5.41, 5.74) is 0.800. The van der Waals surface area contributed by atoms with Crippen LogP contribution >= 0.6 is 23.4 Å². The number of carbonyl (C=O) groups is 2. The molecule has 1 amide bonds. The molecule has 0 spiro atoms. The summed E-state index contributed by atoms with van der Waals surface area (Å²) in [7, 11) is 0. The Morgan fingerprint density at radius 2 is 2.29 bits per heavy atom. The molecule has 1 unspecified atom stereocenters. The number of halogens is 1. The number of benzene rings is 1. The monoisotopic (exact) mass is 269 g/mol. The maximum Gasteiger partial charge on any atom is 0.228 e. The van der Waals surface area contributed by atoms with Gasteiger partial charge in [0, 0.05) is 35.8 Å². The van der Waals surface area contributed by atoms with Crippen LogP contribution in [0.3, 0.4) is 0 Å². The summed E-state index contributed by atoms with van der Waals surface area (Å²) in [6.07, 6.45) is 0.413. The molecule has 5 heteroatoms. The van der Waals surface area contributed by atoms with Crippen LogP contribution in [0.1, 0.15) is 13.3 Å². The van der Waals surface area contributed by atoms with Gasteiger partial charge in [0.05, 0.1) is 0 Å². The Kier molecular flexibility index (Phi) is 3.74. The average molecular weight is 270 g/mol. The molecule has 17 heavy (non-hydrogen) atoms. The van der Waals surface area contributed by atoms with Gasteiger partial charge in [-0.25, -0.2) is 0 Å². The summed E-state index contributed by atoms with van der Waals surface area (Å²) in [5, 5.41) is 0.715. The molecule has 0 radical (unpaired) electrons. The van der Waals surface area contributed by atoms with Crippen LogP contribution in [-0.2, 0) is 9.59 Å². The molecule has 3 nitrogen and oxygen atoms in total. The summed E-state index contributed by atoms with van der Waals surface area (Å²) < 4.78 is 0. The van der Waals surface area contributed by atoms with Crippen molar-refractivity contribution in [1.29, 1.82) is 0 Å². The van der Waals surface area contributed by atoms with E-state index in [0.29, 0.717) is 18.0 Å². The van der Waals surface area contributed by atoms with Gasteiger partial charge in [-0.15, -0.1) is 0 Å². The van der Waals surface area contributed by atoms with E-state index in [1.807, 2.05) is 12.1 Å². The fourth-order valence-corrected chi connectivity index (χ4v) is 2.99. The summed E-state index contributed by atoms with van der Waals surface area (Å²) in [6, 6.07) is 7.20. The van der Waals surface area contributed by atoms with Gasteiger partial charge >= 0.3 is 0 Å². The molecule has 2 rings (SSSR count). The molecule has 1 atom stereocenters. The highest BCUT2D eigenvalue weighted by molar-refractivity contribution is 8.14. The van der Waals surface area contributed by atoms with Crippen molar-refractivity contribution >= 4 is 40.1 Å². The lowest BCUT2D eigenvalue weighted by atomic mass is 10.3. The lowest BCUT2D eigenvalue weighted by molar-refractivity contribution is -0.117. The maximum absolute atomic E-state index is 11.8. The third-order valence-corrected chi connectivity index (χ3v) is 3.76. The molecular weight excluding hydrogens is 258 g/mol. The lowest BCUT2D eigenvalue weighted by Gasteiger charge is -2.16. The largest absolute Gasteiger partial charge is 0.311 e. The minimum Gasteiger partial charge on any atom is -0.311 e. The molecule has 0 aliphatic carbocycles. The highest BCUT2D eigenvalue weighted by atomic mass is 35.5. The maximum atomic E-state index is 11.8. The molecule has 0 aromatic heterocycles. The number of amides is 1. The van der Waals surface area contributed by atoms with Gasteiger partial charge in [-0.2, -0.15) is 0 Å². The predicted molar refractivity (Wildman–Crippen MR) is 70.5 cm³/mol. The van der Waals surface area contributed by atoms with E-state index >= 15 is 0 Å². The molecule has 1 aromatic carbocycles. The number of rotatable bonds is 2. The van der Waals surface area contributed by atoms with Gasteiger partial charge in [0.2, 0.25) is 5.91 Å². The normalized spacial score (nSPS) is 19.8. The Hall–Kier alpha value is -1.00. The van der Waals surface area contributed by atoms with Crippen molar-refractivity contribution in [3.8, 4) is 0 Å². The van der Waals surface area contributed by atoms with Crippen LogP contribution in [0.4, 0.5) is 5.69 Å². The lowest BCUT2D eigenvalue weighted by Crippen LogP contribution is -2.24. The Balaban J connectivity index is 2.13. The van der Waals surface area contributed by atoms with E-state index in [0.717, 1.165) is 5.69 Å². The smallest absolute Gasteiger partial charge is 0.228 e. The third kappa shape index (κ3) is 3.01. The summed E-state index contributed by atoms with van der Waals surface area (Å²) >= 11 is 7.13. The van der Waals surface area contributed by atoms with Crippen molar-refractivity contribution in [2.24, 2.45) is 0 Å². The van der Waals surface area contributed by atoms with E-state index in [4.69, 9.17) is 11.6 Å². The van der Waals surface area contributed by atoms with Crippen molar-refractivity contribution in [2.45, 2.75) is 18.6 Å².